The van der Waals surface area contributed by atoms with Gasteiger partial charge in [-0.05, 0) is 55.4 Å². The van der Waals surface area contributed by atoms with E-state index in [-0.39, 0.29) is 0 Å². The van der Waals surface area contributed by atoms with Gasteiger partial charge in [0.2, 0.25) is 0 Å². The number of nitrogens with zero attached hydrogens (tertiary/aromatic N) is 2. The van der Waals surface area contributed by atoms with E-state index in [2.05, 4.69) is 33.9 Å². The van der Waals surface area contributed by atoms with Crippen molar-refractivity contribution in [2.75, 3.05) is 30.8 Å². The normalized spacial score (nSPS) is 10.3. The molecular formula is C22H23N5OS. The fourth-order valence-electron chi connectivity index (χ4n) is 2.97. The Bertz CT molecular complexity index is 1090. The number of hydrogen-bond acceptors (Lipinski definition) is 5. The van der Waals surface area contributed by atoms with Crippen molar-refractivity contribution in [3.63, 3.8) is 0 Å². The van der Waals surface area contributed by atoms with Gasteiger partial charge in [-0.2, -0.15) is 5.26 Å². The first-order valence-corrected chi connectivity index (χ1v) is 9.67. The molecule has 0 atom stereocenters. The summed E-state index contributed by atoms with van der Waals surface area (Å²) >= 11 is 5.34. The molecule has 1 aromatic heterocycles. The highest BCUT2D eigenvalue weighted by Gasteiger charge is 2.09. The van der Waals surface area contributed by atoms with Gasteiger partial charge < -0.3 is 20.7 Å². The topological polar surface area (TPSA) is 82.0 Å². The number of anilines is 2. The molecule has 1 heterocycles. The summed E-state index contributed by atoms with van der Waals surface area (Å²) in [6, 6.07) is 15.7. The molecule has 0 fully saturated rings. The van der Waals surface area contributed by atoms with Crippen molar-refractivity contribution < 1.29 is 4.74 Å². The lowest BCUT2D eigenvalue weighted by Gasteiger charge is -2.14. The lowest BCUT2D eigenvalue weighted by molar-refractivity contribution is 0.417. The monoisotopic (exact) mass is 405 g/mol. The van der Waals surface area contributed by atoms with E-state index in [1.165, 1.54) is 5.56 Å². The minimum atomic E-state index is 0.495. The average molecular weight is 406 g/mol. The van der Waals surface area contributed by atoms with Crippen molar-refractivity contribution in [1.29, 1.82) is 5.26 Å². The quantitative estimate of drug-likeness (QED) is 0.420. The Hall–Kier alpha value is -3.37. The summed E-state index contributed by atoms with van der Waals surface area (Å²) in [5.41, 5.74) is 4.53. The zero-order valence-corrected chi connectivity index (χ0v) is 17.5. The molecule has 0 aliphatic carbocycles. The van der Waals surface area contributed by atoms with E-state index in [0.29, 0.717) is 29.6 Å². The fraction of sp³-hybridized carbons (Fsp3) is 0.227. The molecule has 0 spiro atoms. The number of methoxy groups -OCH3 is 1. The van der Waals surface area contributed by atoms with Gasteiger partial charge in [-0.3, -0.25) is 0 Å². The Kier molecular flexibility index (Phi) is 6.47. The molecule has 0 aliphatic heterocycles. The first-order valence-electron chi connectivity index (χ1n) is 9.26. The van der Waals surface area contributed by atoms with Crippen LogP contribution in [0.4, 0.5) is 11.5 Å². The standard InChI is InChI=1S/C22H23N5OS/c1-14-8-9-16-12-17(13-23)21(27-20(16)15(14)2)24-10-11-25-22(29)26-18-6-4-5-7-19(18)28-3/h4-9,12H,10-11H2,1-3H3,(H,24,27)(H2,25,26,29). The van der Waals surface area contributed by atoms with Gasteiger partial charge in [-0.1, -0.05) is 24.3 Å². The molecule has 3 N–H and O–H groups in total. The number of pyridine rings is 1. The number of benzene rings is 2. The highest BCUT2D eigenvalue weighted by Crippen LogP contribution is 2.25. The molecule has 0 radical (unpaired) electrons. The van der Waals surface area contributed by atoms with Crippen LogP contribution in [0.5, 0.6) is 5.75 Å². The Morgan fingerprint density at radius 1 is 1.17 bits per heavy atom. The molecule has 7 heteroatoms. The minimum Gasteiger partial charge on any atom is -0.495 e. The zero-order chi connectivity index (χ0) is 20.8. The smallest absolute Gasteiger partial charge is 0.170 e. The zero-order valence-electron chi connectivity index (χ0n) is 16.7. The second-order valence-electron chi connectivity index (χ2n) is 6.58. The maximum absolute atomic E-state index is 9.47. The number of aryl methyl sites for hydroxylation is 2. The second-order valence-corrected chi connectivity index (χ2v) is 6.99. The number of rotatable bonds is 6. The molecule has 0 aliphatic rings. The summed E-state index contributed by atoms with van der Waals surface area (Å²) < 4.78 is 5.31. The molecule has 0 bridgehead atoms. The number of aromatic nitrogens is 1. The van der Waals surface area contributed by atoms with Gasteiger partial charge in [0.05, 0.1) is 23.9 Å². The van der Waals surface area contributed by atoms with Crippen molar-refractivity contribution >= 4 is 39.7 Å². The summed E-state index contributed by atoms with van der Waals surface area (Å²) in [7, 11) is 1.62. The van der Waals surface area contributed by atoms with E-state index in [9.17, 15) is 5.26 Å². The van der Waals surface area contributed by atoms with Gasteiger partial charge in [0.1, 0.15) is 17.6 Å². The van der Waals surface area contributed by atoms with Gasteiger partial charge in [0, 0.05) is 18.5 Å². The van der Waals surface area contributed by atoms with Gasteiger partial charge in [-0.25, -0.2) is 4.98 Å². The van der Waals surface area contributed by atoms with Crippen LogP contribution in [-0.4, -0.2) is 30.3 Å². The van der Waals surface area contributed by atoms with Crippen LogP contribution < -0.4 is 20.7 Å². The van der Waals surface area contributed by atoms with Crippen molar-refractivity contribution in [2.45, 2.75) is 13.8 Å². The summed E-state index contributed by atoms with van der Waals surface area (Å²) in [5.74, 6) is 1.30. The minimum absolute atomic E-state index is 0.495. The van der Waals surface area contributed by atoms with Gasteiger partial charge in [0.25, 0.3) is 0 Å². The number of fused-ring (bicyclic) bond motifs is 1. The number of ether oxygens (including phenoxy) is 1. The number of hydrogen-bond donors (Lipinski definition) is 3. The van der Waals surface area contributed by atoms with Gasteiger partial charge in [-0.15, -0.1) is 0 Å². The van der Waals surface area contributed by atoms with E-state index >= 15 is 0 Å². The van der Waals surface area contributed by atoms with Crippen LogP contribution in [0.3, 0.4) is 0 Å². The molecule has 0 saturated heterocycles. The molecule has 3 rings (SSSR count). The van der Waals surface area contributed by atoms with E-state index in [4.69, 9.17) is 17.0 Å². The maximum atomic E-state index is 9.47. The Morgan fingerprint density at radius 2 is 1.97 bits per heavy atom. The summed E-state index contributed by atoms with van der Waals surface area (Å²) in [5, 5.41) is 20.4. The molecule has 2 aromatic carbocycles. The van der Waals surface area contributed by atoms with Crippen LogP contribution in [0.2, 0.25) is 0 Å². The van der Waals surface area contributed by atoms with Crippen LogP contribution in [0.1, 0.15) is 16.7 Å². The van der Waals surface area contributed by atoms with Crippen LogP contribution in [0.25, 0.3) is 10.9 Å². The highest BCUT2D eigenvalue weighted by atomic mass is 32.1. The molecule has 0 unspecified atom stereocenters. The summed E-state index contributed by atoms with van der Waals surface area (Å²) in [4.78, 5) is 4.69. The molecule has 3 aromatic rings. The third-order valence-electron chi connectivity index (χ3n) is 4.69. The van der Waals surface area contributed by atoms with E-state index in [1.54, 1.807) is 7.11 Å². The summed E-state index contributed by atoms with van der Waals surface area (Å²) in [6.45, 7) is 5.23. The highest BCUT2D eigenvalue weighted by molar-refractivity contribution is 7.80. The fourth-order valence-corrected chi connectivity index (χ4v) is 3.19. The molecule has 6 nitrogen and oxygen atoms in total. The number of nitrogens with one attached hydrogen (secondary N) is 3. The van der Waals surface area contributed by atoms with E-state index < -0.39 is 0 Å². The van der Waals surface area contributed by atoms with E-state index in [1.807, 2.05) is 49.4 Å². The summed E-state index contributed by atoms with van der Waals surface area (Å²) in [6.07, 6.45) is 0. The van der Waals surface area contributed by atoms with Crippen LogP contribution in [0.15, 0.2) is 42.5 Å². The Balaban J connectivity index is 1.61. The Morgan fingerprint density at radius 3 is 2.72 bits per heavy atom. The lowest BCUT2D eigenvalue weighted by Crippen LogP contribution is -2.32. The number of nitriles is 1. The van der Waals surface area contributed by atoms with Gasteiger partial charge >= 0.3 is 0 Å². The van der Waals surface area contributed by atoms with E-state index in [0.717, 1.165) is 27.9 Å². The lowest BCUT2D eigenvalue weighted by atomic mass is 10.0. The largest absolute Gasteiger partial charge is 0.495 e. The van der Waals surface area contributed by atoms with Crippen molar-refractivity contribution in [3.05, 3.63) is 59.2 Å². The van der Waals surface area contributed by atoms with Crippen LogP contribution in [0, 0.1) is 25.2 Å². The predicted molar refractivity (Wildman–Crippen MR) is 122 cm³/mol. The second kappa shape index (κ2) is 9.22. The third-order valence-corrected chi connectivity index (χ3v) is 4.94. The van der Waals surface area contributed by atoms with Gasteiger partial charge in [0.15, 0.2) is 5.11 Å². The van der Waals surface area contributed by atoms with Crippen molar-refractivity contribution in [1.82, 2.24) is 10.3 Å². The molecule has 0 saturated carbocycles. The van der Waals surface area contributed by atoms with Crippen molar-refractivity contribution in [2.24, 2.45) is 0 Å². The molecule has 148 valence electrons. The van der Waals surface area contributed by atoms with Crippen LogP contribution >= 0.6 is 12.2 Å². The molecule has 29 heavy (non-hydrogen) atoms. The maximum Gasteiger partial charge on any atom is 0.170 e. The number of para-hydroxylation sites is 2. The average Bonchev–Trinajstić information content (AvgIpc) is 2.74. The predicted octanol–water partition coefficient (Wildman–Crippen LogP) is 4.13. The molecular weight excluding hydrogens is 382 g/mol. The van der Waals surface area contributed by atoms with Crippen LogP contribution in [-0.2, 0) is 0 Å². The Labute approximate surface area is 175 Å². The van der Waals surface area contributed by atoms with Crippen molar-refractivity contribution in [3.8, 4) is 11.8 Å². The SMILES string of the molecule is COc1ccccc1NC(=S)NCCNc1nc2c(C)c(C)ccc2cc1C#N. The molecule has 0 amide bonds. The third kappa shape index (κ3) is 4.73. The number of thiocarbonyl (C=S) groups is 1. The first kappa shape index (κ1) is 20.4. The first-order chi connectivity index (χ1) is 14.0.